The molecular weight excluding hydrogens is 304 g/mol. The van der Waals surface area contributed by atoms with Gasteiger partial charge in [0, 0.05) is 13.1 Å². The normalized spacial score (nSPS) is 19.7. The molecule has 3 rings (SSSR count). The van der Waals surface area contributed by atoms with E-state index >= 15 is 0 Å². The number of amides is 3. The average molecular weight is 324 g/mol. The Labute approximate surface area is 140 Å². The number of nitrogens with two attached hydrogens (primary N) is 2. The van der Waals surface area contributed by atoms with Gasteiger partial charge in [0.25, 0.3) is 0 Å². The fourth-order valence-corrected chi connectivity index (χ4v) is 3.59. The second-order valence-electron chi connectivity index (χ2n) is 5.78. The summed E-state index contributed by atoms with van der Waals surface area (Å²) in [5.74, 6) is -0.534. The van der Waals surface area contributed by atoms with E-state index < -0.39 is 23.5 Å². The number of nitrogens with zero attached hydrogens (tertiary/aromatic N) is 1. The summed E-state index contributed by atoms with van der Waals surface area (Å²) in [5.41, 5.74) is 11.9. The topological polar surface area (TPSA) is 101 Å². The molecule has 0 spiro atoms. The van der Waals surface area contributed by atoms with E-state index in [9.17, 15) is 9.59 Å². The Hall–Kier alpha value is -2.86. The van der Waals surface area contributed by atoms with E-state index in [4.69, 9.17) is 11.5 Å². The Morgan fingerprint density at radius 3 is 1.88 bits per heavy atom. The Kier molecular flexibility index (Phi) is 4.22. The van der Waals surface area contributed by atoms with E-state index in [0.29, 0.717) is 13.1 Å². The molecular formula is C18H20N4O2. The standard InChI is InChI=1S/C18H20N4O2/c19-16(23)15-18(13-7-3-1-4-8-13,14-9-5-2-6-10-14)22(17(20)24)12-11-21-15/h1-10,15,21H,11-12H2,(H2,19,23)(H2,20,24). The van der Waals surface area contributed by atoms with Crippen molar-refractivity contribution in [3.8, 4) is 0 Å². The summed E-state index contributed by atoms with van der Waals surface area (Å²) in [5, 5.41) is 3.17. The molecule has 0 aliphatic carbocycles. The van der Waals surface area contributed by atoms with Crippen molar-refractivity contribution in [3.05, 3.63) is 71.8 Å². The Balaban J connectivity index is 2.34. The number of urea groups is 1. The number of hydrogen-bond acceptors (Lipinski definition) is 3. The van der Waals surface area contributed by atoms with Crippen LogP contribution in [0.2, 0.25) is 0 Å². The van der Waals surface area contributed by atoms with Crippen LogP contribution in [0.25, 0.3) is 0 Å². The Morgan fingerprint density at radius 2 is 1.46 bits per heavy atom. The maximum Gasteiger partial charge on any atom is 0.315 e. The minimum absolute atomic E-state index is 0.378. The third-order valence-electron chi connectivity index (χ3n) is 4.51. The number of hydrogen-bond donors (Lipinski definition) is 3. The van der Waals surface area contributed by atoms with E-state index in [-0.39, 0.29) is 0 Å². The smallest absolute Gasteiger partial charge is 0.315 e. The largest absolute Gasteiger partial charge is 0.368 e. The van der Waals surface area contributed by atoms with Crippen molar-refractivity contribution in [3.63, 3.8) is 0 Å². The molecule has 1 aliphatic heterocycles. The first kappa shape index (κ1) is 16.0. The van der Waals surface area contributed by atoms with Gasteiger partial charge in [-0.25, -0.2) is 4.79 Å². The molecule has 5 N–H and O–H groups in total. The second-order valence-corrected chi connectivity index (χ2v) is 5.78. The first-order chi connectivity index (χ1) is 11.6. The predicted molar refractivity (Wildman–Crippen MR) is 90.9 cm³/mol. The fraction of sp³-hybridized carbons (Fsp3) is 0.222. The van der Waals surface area contributed by atoms with E-state index in [1.165, 1.54) is 4.90 Å². The number of carbonyl (C=O) groups is 2. The van der Waals surface area contributed by atoms with Gasteiger partial charge in [0.15, 0.2) is 0 Å². The van der Waals surface area contributed by atoms with Crippen LogP contribution in [0.5, 0.6) is 0 Å². The highest BCUT2D eigenvalue weighted by Gasteiger charge is 2.53. The number of nitrogens with one attached hydrogen (secondary N) is 1. The number of primary amides is 2. The summed E-state index contributed by atoms with van der Waals surface area (Å²) in [4.78, 5) is 26.1. The first-order valence-corrected chi connectivity index (χ1v) is 7.79. The van der Waals surface area contributed by atoms with Crippen molar-refractivity contribution < 1.29 is 9.59 Å². The van der Waals surface area contributed by atoms with E-state index in [1.54, 1.807) is 0 Å². The summed E-state index contributed by atoms with van der Waals surface area (Å²) in [7, 11) is 0. The summed E-state index contributed by atoms with van der Waals surface area (Å²) < 4.78 is 0. The lowest BCUT2D eigenvalue weighted by Gasteiger charge is -2.51. The molecule has 0 aromatic heterocycles. The molecule has 1 unspecified atom stereocenters. The van der Waals surface area contributed by atoms with Crippen molar-refractivity contribution in [1.29, 1.82) is 0 Å². The second kappa shape index (κ2) is 6.33. The van der Waals surface area contributed by atoms with Crippen LogP contribution in [0.15, 0.2) is 60.7 Å². The monoisotopic (exact) mass is 324 g/mol. The lowest BCUT2D eigenvalue weighted by molar-refractivity contribution is -0.124. The Bertz CT molecular complexity index is 670. The van der Waals surface area contributed by atoms with Crippen molar-refractivity contribution in [2.75, 3.05) is 13.1 Å². The minimum atomic E-state index is -1.08. The molecule has 0 radical (unpaired) electrons. The molecule has 1 heterocycles. The van der Waals surface area contributed by atoms with Crippen LogP contribution < -0.4 is 16.8 Å². The lowest BCUT2D eigenvalue weighted by atomic mass is 9.73. The van der Waals surface area contributed by atoms with Crippen molar-refractivity contribution >= 4 is 11.9 Å². The zero-order chi connectivity index (χ0) is 17.2. The van der Waals surface area contributed by atoms with Gasteiger partial charge in [0.05, 0.1) is 0 Å². The van der Waals surface area contributed by atoms with Crippen molar-refractivity contribution in [2.45, 2.75) is 11.6 Å². The number of benzene rings is 2. The highest BCUT2D eigenvalue weighted by Crippen LogP contribution is 2.40. The van der Waals surface area contributed by atoms with Crippen LogP contribution in [0.3, 0.4) is 0 Å². The van der Waals surface area contributed by atoms with Gasteiger partial charge in [-0.15, -0.1) is 0 Å². The predicted octanol–water partition coefficient (Wildman–Crippen LogP) is 0.768. The maximum atomic E-state index is 12.3. The van der Waals surface area contributed by atoms with Crippen LogP contribution in [-0.2, 0) is 10.3 Å². The van der Waals surface area contributed by atoms with E-state index in [2.05, 4.69) is 5.32 Å². The lowest BCUT2D eigenvalue weighted by Crippen LogP contribution is -2.71. The quantitative estimate of drug-likeness (QED) is 0.777. The molecule has 2 aromatic rings. The van der Waals surface area contributed by atoms with Gasteiger partial charge in [-0.2, -0.15) is 0 Å². The molecule has 24 heavy (non-hydrogen) atoms. The number of piperazine rings is 1. The van der Waals surface area contributed by atoms with Crippen molar-refractivity contribution in [1.82, 2.24) is 10.2 Å². The van der Waals surface area contributed by atoms with Gasteiger partial charge in [0.1, 0.15) is 11.6 Å². The van der Waals surface area contributed by atoms with Crippen LogP contribution in [0, 0.1) is 0 Å². The van der Waals surface area contributed by atoms with Crippen LogP contribution >= 0.6 is 0 Å². The van der Waals surface area contributed by atoms with Gasteiger partial charge in [-0.3, -0.25) is 4.79 Å². The summed E-state index contributed by atoms with van der Waals surface area (Å²) >= 11 is 0. The average Bonchev–Trinajstić information content (AvgIpc) is 2.62. The number of rotatable bonds is 3. The van der Waals surface area contributed by atoms with Gasteiger partial charge >= 0.3 is 6.03 Å². The zero-order valence-corrected chi connectivity index (χ0v) is 13.2. The molecule has 2 aromatic carbocycles. The van der Waals surface area contributed by atoms with E-state index in [0.717, 1.165) is 11.1 Å². The SMILES string of the molecule is NC(=O)C1NCCN(C(N)=O)C1(c1ccccc1)c1ccccc1. The van der Waals surface area contributed by atoms with Gasteiger partial charge in [-0.05, 0) is 11.1 Å². The fourth-order valence-electron chi connectivity index (χ4n) is 3.59. The summed E-state index contributed by atoms with van der Waals surface area (Å²) in [6.07, 6.45) is 0. The van der Waals surface area contributed by atoms with Gasteiger partial charge < -0.3 is 21.7 Å². The molecule has 3 amide bonds. The molecule has 1 saturated heterocycles. The van der Waals surface area contributed by atoms with Crippen LogP contribution in [0.1, 0.15) is 11.1 Å². The molecule has 1 atom stereocenters. The molecule has 0 bridgehead atoms. The number of carbonyl (C=O) groups excluding carboxylic acids is 2. The molecule has 1 aliphatic rings. The highest BCUT2D eigenvalue weighted by atomic mass is 16.2. The first-order valence-electron chi connectivity index (χ1n) is 7.79. The molecule has 1 fully saturated rings. The third-order valence-corrected chi connectivity index (χ3v) is 4.51. The molecule has 6 heteroatoms. The van der Waals surface area contributed by atoms with Gasteiger partial charge in [0.2, 0.25) is 5.91 Å². The molecule has 124 valence electrons. The molecule has 0 saturated carbocycles. The van der Waals surface area contributed by atoms with Gasteiger partial charge in [-0.1, -0.05) is 60.7 Å². The van der Waals surface area contributed by atoms with Crippen LogP contribution in [-0.4, -0.2) is 36.0 Å². The van der Waals surface area contributed by atoms with E-state index in [1.807, 2.05) is 60.7 Å². The summed E-state index contributed by atoms with van der Waals surface area (Å²) in [6, 6.07) is 17.4. The minimum Gasteiger partial charge on any atom is -0.368 e. The summed E-state index contributed by atoms with van der Waals surface area (Å²) in [6.45, 7) is 0.820. The van der Waals surface area contributed by atoms with Crippen molar-refractivity contribution in [2.24, 2.45) is 11.5 Å². The highest BCUT2D eigenvalue weighted by molar-refractivity contribution is 5.86. The molecule has 6 nitrogen and oxygen atoms in total. The third kappa shape index (κ3) is 2.41. The maximum absolute atomic E-state index is 12.3. The van der Waals surface area contributed by atoms with Crippen LogP contribution in [0.4, 0.5) is 4.79 Å². The Morgan fingerprint density at radius 1 is 0.958 bits per heavy atom. The zero-order valence-electron chi connectivity index (χ0n) is 13.2.